The highest BCUT2D eigenvalue weighted by molar-refractivity contribution is 7.90. The van der Waals surface area contributed by atoms with E-state index in [2.05, 4.69) is 12.2 Å². The third-order valence-electron chi connectivity index (χ3n) is 2.74. The van der Waals surface area contributed by atoms with Crippen molar-refractivity contribution in [3.8, 4) is 5.75 Å². The summed E-state index contributed by atoms with van der Waals surface area (Å²) in [6.07, 6.45) is 1.76. The molecule has 0 aromatic heterocycles. The van der Waals surface area contributed by atoms with Gasteiger partial charge in [0.2, 0.25) is 0 Å². The van der Waals surface area contributed by atoms with Crippen molar-refractivity contribution < 1.29 is 13.2 Å². The molecule has 0 spiro atoms. The van der Waals surface area contributed by atoms with Crippen molar-refractivity contribution in [1.29, 1.82) is 0 Å². The normalized spacial score (nSPS) is 13.3. The van der Waals surface area contributed by atoms with Gasteiger partial charge in [0.05, 0.1) is 12.4 Å². The van der Waals surface area contributed by atoms with Crippen molar-refractivity contribution in [2.24, 2.45) is 0 Å². The van der Waals surface area contributed by atoms with Crippen LogP contribution in [0.3, 0.4) is 0 Å². The van der Waals surface area contributed by atoms with Crippen LogP contribution in [-0.2, 0) is 9.84 Å². The average Bonchev–Trinajstić information content (AvgIpc) is 2.33. The SMILES string of the molecule is CNC(C)c1ccc(OCCCS(C)(=O)=O)cc1. The molecule has 0 saturated heterocycles. The Labute approximate surface area is 109 Å². The van der Waals surface area contributed by atoms with E-state index in [-0.39, 0.29) is 5.75 Å². The first-order valence-corrected chi connectivity index (χ1v) is 8.06. The highest BCUT2D eigenvalue weighted by Gasteiger charge is 2.03. The molecule has 5 heteroatoms. The van der Waals surface area contributed by atoms with Crippen LogP contribution in [0.4, 0.5) is 0 Å². The van der Waals surface area contributed by atoms with Gasteiger partial charge < -0.3 is 10.1 Å². The van der Waals surface area contributed by atoms with Gasteiger partial charge in [-0.1, -0.05) is 12.1 Å². The molecule has 0 aliphatic rings. The summed E-state index contributed by atoms with van der Waals surface area (Å²) in [4.78, 5) is 0. The molecule has 1 unspecified atom stereocenters. The van der Waals surface area contributed by atoms with Gasteiger partial charge in [0.25, 0.3) is 0 Å². The predicted molar refractivity (Wildman–Crippen MR) is 73.7 cm³/mol. The maximum atomic E-state index is 10.9. The number of sulfone groups is 1. The zero-order valence-electron chi connectivity index (χ0n) is 11.1. The quantitative estimate of drug-likeness (QED) is 0.768. The van der Waals surface area contributed by atoms with Gasteiger partial charge in [0.15, 0.2) is 0 Å². The number of nitrogens with one attached hydrogen (secondary N) is 1. The van der Waals surface area contributed by atoms with Crippen molar-refractivity contribution in [2.75, 3.05) is 25.7 Å². The van der Waals surface area contributed by atoms with E-state index in [0.29, 0.717) is 19.1 Å². The smallest absolute Gasteiger partial charge is 0.147 e. The number of rotatable bonds is 7. The highest BCUT2D eigenvalue weighted by atomic mass is 32.2. The molecule has 1 N–H and O–H groups in total. The van der Waals surface area contributed by atoms with Gasteiger partial charge in [0, 0.05) is 12.3 Å². The van der Waals surface area contributed by atoms with Crippen LogP contribution < -0.4 is 10.1 Å². The molecule has 18 heavy (non-hydrogen) atoms. The Balaban J connectivity index is 2.40. The van der Waals surface area contributed by atoms with Gasteiger partial charge >= 0.3 is 0 Å². The van der Waals surface area contributed by atoms with Gasteiger partial charge in [-0.25, -0.2) is 8.42 Å². The first kappa shape index (κ1) is 15.0. The molecule has 4 nitrogen and oxygen atoms in total. The lowest BCUT2D eigenvalue weighted by Gasteiger charge is -2.11. The highest BCUT2D eigenvalue weighted by Crippen LogP contribution is 2.17. The minimum Gasteiger partial charge on any atom is -0.494 e. The van der Waals surface area contributed by atoms with Crippen molar-refractivity contribution in [2.45, 2.75) is 19.4 Å². The molecule has 0 heterocycles. The second-order valence-electron chi connectivity index (χ2n) is 4.41. The largest absolute Gasteiger partial charge is 0.494 e. The summed E-state index contributed by atoms with van der Waals surface area (Å²) in [6, 6.07) is 8.14. The fraction of sp³-hybridized carbons (Fsp3) is 0.538. The first-order valence-electron chi connectivity index (χ1n) is 6.00. The van der Waals surface area contributed by atoms with Crippen LogP contribution in [-0.4, -0.2) is 34.1 Å². The number of ether oxygens (including phenoxy) is 1. The van der Waals surface area contributed by atoms with Gasteiger partial charge in [-0.15, -0.1) is 0 Å². The second-order valence-corrected chi connectivity index (χ2v) is 6.67. The standard InChI is InChI=1S/C13H21NO3S/c1-11(14-2)12-5-7-13(8-6-12)17-9-4-10-18(3,15)16/h5-8,11,14H,4,9-10H2,1-3H3. The first-order chi connectivity index (χ1) is 8.42. The van der Waals surface area contributed by atoms with Crippen molar-refractivity contribution in [3.63, 3.8) is 0 Å². The van der Waals surface area contributed by atoms with Crippen molar-refractivity contribution >= 4 is 9.84 Å². The van der Waals surface area contributed by atoms with Gasteiger partial charge in [-0.2, -0.15) is 0 Å². The van der Waals surface area contributed by atoms with E-state index in [1.54, 1.807) is 0 Å². The van der Waals surface area contributed by atoms with Crippen LogP contribution in [0.5, 0.6) is 5.75 Å². The Bertz CT molecular complexity index is 454. The lowest BCUT2D eigenvalue weighted by molar-refractivity contribution is 0.317. The Morgan fingerprint density at radius 2 is 1.89 bits per heavy atom. The van der Waals surface area contributed by atoms with Gasteiger partial charge in [-0.05, 0) is 38.1 Å². The van der Waals surface area contributed by atoms with Crippen molar-refractivity contribution in [1.82, 2.24) is 5.32 Å². The number of hydrogen-bond donors (Lipinski definition) is 1. The molecule has 0 saturated carbocycles. The van der Waals surface area contributed by atoms with Crippen LogP contribution in [0.1, 0.15) is 24.9 Å². The van der Waals surface area contributed by atoms with E-state index in [4.69, 9.17) is 4.74 Å². The number of benzene rings is 1. The summed E-state index contributed by atoms with van der Waals surface area (Å²) in [7, 11) is -0.971. The summed E-state index contributed by atoms with van der Waals surface area (Å²) in [6.45, 7) is 2.51. The molecule has 102 valence electrons. The molecule has 0 amide bonds. The summed E-state index contributed by atoms with van der Waals surface area (Å²) in [5.41, 5.74) is 1.20. The van der Waals surface area contributed by atoms with E-state index in [0.717, 1.165) is 5.75 Å². The molecular formula is C13H21NO3S. The summed E-state index contributed by atoms with van der Waals surface area (Å²) >= 11 is 0. The maximum absolute atomic E-state index is 10.9. The minimum atomic E-state index is -2.89. The topological polar surface area (TPSA) is 55.4 Å². The zero-order valence-corrected chi connectivity index (χ0v) is 12.0. The summed E-state index contributed by atoms with van der Waals surface area (Å²) < 4.78 is 27.4. The third-order valence-corrected chi connectivity index (χ3v) is 3.77. The third kappa shape index (κ3) is 5.51. The maximum Gasteiger partial charge on any atom is 0.147 e. The van der Waals surface area contributed by atoms with Crippen LogP contribution in [0.2, 0.25) is 0 Å². The van der Waals surface area contributed by atoms with E-state index in [1.165, 1.54) is 11.8 Å². The molecule has 1 rings (SSSR count). The second kappa shape index (κ2) is 6.75. The molecule has 1 atom stereocenters. The Morgan fingerprint density at radius 1 is 1.28 bits per heavy atom. The molecule has 0 aliphatic carbocycles. The van der Waals surface area contributed by atoms with Crippen LogP contribution in [0, 0.1) is 0 Å². The van der Waals surface area contributed by atoms with Crippen LogP contribution >= 0.6 is 0 Å². The lowest BCUT2D eigenvalue weighted by Crippen LogP contribution is -2.12. The molecule has 1 aromatic rings. The van der Waals surface area contributed by atoms with Gasteiger partial charge in [0.1, 0.15) is 15.6 Å². The lowest BCUT2D eigenvalue weighted by atomic mass is 10.1. The molecule has 1 aromatic carbocycles. The summed E-state index contributed by atoms with van der Waals surface area (Å²) in [5, 5.41) is 3.16. The monoisotopic (exact) mass is 271 g/mol. The fourth-order valence-electron chi connectivity index (χ4n) is 1.53. The van der Waals surface area contributed by atoms with Crippen LogP contribution in [0.15, 0.2) is 24.3 Å². The Hall–Kier alpha value is -1.07. The zero-order chi connectivity index (χ0) is 13.6. The van der Waals surface area contributed by atoms with E-state index >= 15 is 0 Å². The average molecular weight is 271 g/mol. The van der Waals surface area contributed by atoms with Crippen molar-refractivity contribution in [3.05, 3.63) is 29.8 Å². The fourth-order valence-corrected chi connectivity index (χ4v) is 2.17. The van der Waals surface area contributed by atoms with Crippen LogP contribution in [0.25, 0.3) is 0 Å². The van der Waals surface area contributed by atoms with Gasteiger partial charge in [-0.3, -0.25) is 0 Å². The molecule has 0 fully saturated rings. The molecule has 0 bridgehead atoms. The van der Waals surface area contributed by atoms with E-state index in [1.807, 2.05) is 31.3 Å². The van der Waals surface area contributed by atoms with E-state index in [9.17, 15) is 8.42 Å². The molecule has 0 radical (unpaired) electrons. The Morgan fingerprint density at radius 3 is 2.39 bits per heavy atom. The summed E-state index contributed by atoms with van der Waals surface area (Å²) in [5.74, 6) is 0.942. The molecular weight excluding hydrogens is 250 g/mol. The minimum absolute atomic E-state index is 0.169. The Kier molecular flexibility index (Phi) is 5.62. The predicted octanol–water partition coefficient (Wildman–Crippen LogP) is 1.78. The van der Waals surface area contributed by atoms with E-state index < -0.39 is 9.84 Å². The number of hydrogen-bond acceptors (Lipinski definition) is 4. The molecule has 0 aliphatic heterocycles.